The van der Waals surface area contributed by atoms with E-state index in [2.05, 4.69) is 11.1 Å². The van der Waals surface area contributed by atoms with E-state index in [4.69, 9.17) is 4.74 Å². The fourth-order valence-electron chi connectivity index (χ4n) is 2.23. The summed E-state index contributed by atoms with van der Waals surface area (Å²) in [6.45, 7) is 1.85. The molecule has 2 rings (SSSR count). The molecule has 2 aromatic rings. The van der Waals surface area contributed by atoms with Crippen LogP contribution in [0.4, 0.5) is 0 Å². The molecular weight excluding hydrogens is 320 g/mol. The number of nitrogens with one attached hydrogen (secondary N) is 1. The zero-order valence-corrected chi connectivity index (χ0v) is 14.1. The molecule has 2 aromatic carbocycles. The first-order valence-corrected chi connectivity index (χ1v) is 8.05. The number of hydrogen-bond donors (Lipinski definition) is 2. The highest BCUT2D eigenvalue weighted by Gasteiger charge is 2.19. The number of amides is 1. The van der Waals surface area contributed by atoms with E-state index >= 15 is 0 Å². The molecular formula is C19H22N2O4. The Hall–Kier alpha value is -2.86. The number of rotatable bonds is 8. The number of hydrogen-bond acceptors (Lipinski definition) is 4. The van der Waals surface area contributed by atoms with Gasteiger partial charge in [-0.15, -0.1) is 0 Å². The fraction of sp³-hybridized carbons (Fsp3) is 0.263. The Morgan fingerprint density at radius 1 is 1.08 bits per heavy atom. The number of carbonyl (C=O) groups excluding carboxylic acids is 2. The minimum Gasteiger partial charge on any atom is -0.548 e. The van der Waals surface area contributed by atoms with Gasteiger partial charge in [0.05, 0.1) is 12.0 Å². The molecule has 0 aromatic heterocycles. The van der Waals surface area contributed by atoms with E-state index in [1.807, 2.05) is 54.6 Å². The zero-order valence-electron chi connectivity index (χ0n) is 14.1. The maximum atomic E-state index is 11.9. The van der Waals surface area contributed by atoms with Crippen LogP contribution in [0.2, 0.25) is 0 Å². The third-order valence-corrected chi connectivity index (χ3v) is 3.74. The summed E-state index contributed by atoms with van der Waals surface area (Å²) < 4.78 is 5.71. The minimum atomic E-state index is -1.32. The van der Waals surface area contributed by atoms with Gasteiger partial charge in [0.15, 0.2) is 6.04 Å². The highest BCUT2D eigenvalue weighted by atomic mass is 16.5. The Kier molecular flexibility index (Phi) is 6.54. The first-order valence-electron chi connectivity index (χ1n) is 8.05. The molecule has 0 aliphatic heterocycles. The van der Waals surface area contributed by atoms with Crippen LogP contribution in [0.15, 0.2) is 54.6 Å². The molecule has 0 saturated carbocycles. The summed E-state index contributed by atoms with van der Waals surface area (Å²) in [6, 6.07) is 15.7. The second kappa shape index (κ2) is 8.84. The van der Waals surface area contributed by atoms with Crippen LogP contribution < -0.4 is 20.9 Å². The van der Waals surface area contributed by atoms with Gasteiger partial charge in [-0.2, -0.15) is 0 Å². The van der Waals surface area contributed by atoms with Gasteiger partial charge < -0.3 is 25.7 Å². The van der Waals surface area contributed by atoms with E-state index < -0.39 is 24.0 Å². The predicted octanol–water partition coefficient (Wildman–Crippen LogP) is -0.327. The monoisotopic (exact) mass is 342 g/mol. The van der Waals surface area contributed by atoms with Crippen molar-refractivity contribution in [3.63, 3.8) is 0 Å². The van der Waals surface area contributed by atoms with E-state index in [9.17, 15) is 14.7 Å². The van der Waals surface area contributed by atoms with E-state index in [0.717, 1.165) is 16.9 Å². The first kappa shape index (κ1) is 18.5. The van der Waals surface area contributed by atoms with E-state index in [1.54, 1.807) is 0 Å². The van der Waals surface area contributed by atoms with Gasteiger partial charge >= 0.3 is 0 Å². The van der Waals surface area contributed by atoms with Crippen LogP contribution in [0.5, 0.6) is 5.75 Å². The zero-order chi connectivity index (χ0) is 18.2. The fourth-order valence-corrected chi connectivity index (χ4v) is 2.23. The number of carbonyl (C=O) groups is 2. The molecule has 132 valence electrons. The molecule has 25 heavy (non-hydrogen) atoms. The predicted molar refractivity (Wildman–Crippen MR) is 90.2 cm³/mol. The summed E-state index contributed by atoms with van der Waals surface area (Å²) in [5.74, 6) is -0.996. The normalized spacial score (nSPS) is 12.9. The lowest BCUT2D eigenvalue weighted by Crippen LogP contribution is -2.69. The molecule has 0 heterocycles. The van der Waals surface area contributed by atoms with E-state index in [0.29, 0.717) is 13.0 Å². The van der Waals surface area contributed by atoms with Gasteiger partial charge in [0.2, 0.25) is 0 Å². The molecule has 0 fully saturated rings. The third-order valence-electron chi connectivity index (χ3n) is 3.74. The molecule has 2 atom stereocenters. The Morgan fingerprint density at radius 2 is 1.72 bits per heavy atom. The topological polar surface area (TPSA) is 106 Å². The lowest BCUT2D eigenvalue weighted by atomic mass is 10.1. The maximum Gasteiger partial charge on any atom is 0.279 e. The molecule has 0 aliphatic carbocycles. The lowest BCUT2D eigenvalue weighted by Gasteiger charge is -2.16. The summed E-state index contributed by atoms with van der Waals surface area (Å²) >= 11 is 0. The number of quaternary nitrogens is 1. The van der Waals surface area contributed by atoms with Crippen molar-refractivity contribution < 1.29 is 25.2 Å². The van der Waals surface area contributed by atoms with Crippen molar-refractivity contribution in [3.8, 4) is 5.75 Å². The molecule has 0 aliphatic rings. The number of aliphatic carboxylic acids is 1. The van der Waals surface area contributed by atoms with Crippen LogP contribution in [0, 0.1) is 0 Å². The minimum absolute atomic E-state index is 0.407. The number of benzene rings is 2. The van der Waals surface area contributed by atoms with Crippen molar-refractivity contribution >= 4 is 11.9 Å². The van der Waals surface area contributed by atoms with Crippen LogP contribution in [-0.4, -0.2) is 24.0 Å². The molecule has 0 radical (unpaired) electrons. The highest BCUT2D eigenvalue weighted by molar-refractivity contribution is 5.85. The standard InChI is InChI=1S/C19H22N2O4/c1-13(19(23)24)21-18(22)17(20)11-14-7-9-16(10-8-14)25-12-15-5-3-2-4-6-15/h2-10,13,17H,11-12,20H2,1H3,(H,21,22)(H,23,24). The van der Waals surface area contributed by atoms with Crippen LogP contribution in [0.25, 0.3) is 0 Å². The average molecular weight is 342 g/mol. The molecule has 0 spiro atoms. The van der Waals surface area contributed by atoms with E-state index in [-0.39, 0.29) is 0 Å². The van der Waals surface area contributed by atoms with E-state index in [1.165, 1.54) is 6.92 Å². The van der Waals surface area contributed by atoms with Crippen molar-refractivity contribution in [2.24, 2.45) is 0 Å². The molecule has 1 amide bonds. The SMILES string of the molecule is CC(NC(=O)C([NH3+])Cc1ccc(OCc2ccccc2)cc1)C(=O)[O-]. The maximum absolute atomic E-state index is 11.9. The van der Waals surface area contributed by atoms with Crippen molar-refractivity contribution in [2.75, 3.05) is 0 Å². The van der Waals surface area contributed by atoms with Crippen LogP contribution in [0.3, 0.4) is 0 Å². The molecule has 0 bridgehead atoms. The van der Waals surface area contributed by atoms with Gasteiger partial charge in [0.1, 0.15) is 12.4 Å². The van der Waals surface area contributed by atoms with Gasteiger partial charge in [-0.25, -0.2) is 0 Å². The molecule has 6 heteroatoms. The molecule has 6 nitrogen and oxygen atoms in total. The quantitative estimate of drug-likeness (QED) is 0.685. The second-order valence-corrected chi connectivity index (χ2v) is 5.87. The summed E-state index contributed by atoms with van der Waals surface area (Å²) in [6.07, 6.45) is 0.407. The Morgan fingerprint density at radius 3 is 2.32 bits per heavy atom. The van der Waals surface area contributed by atoms with Gasteiger partial charge in [0, 0.05) is 6.42 Å². The van der Waals surface area contributed by atoms with Crippen LogP contribution >= 0.6 is 0 Å². The van der Waals surface area contributed by atoms with Crippen molar-refractivity contribution in [1.82, 2.24) is 5.32 Å². The van der Waals surface area contributed by atoms with Gasteiger partial charge in [-0.1, -0.05) is 42.5 Å². The smallest absolute Gasteiger partial charge is 0.279 e. The van der Waals surface area contributed by atoms with Crippen molar-refractivity contribution in [3.05, 3.63) is 65.7 Å². The molecule has 2 unspecified atom stereocenters. The summed E-state index contributed by atoms with van der Waals surface area (Å²) in [5.41, 5.74) is 5.79. The summed E-state index contributed by atoms with van der Waals surface area (Å²) in [4.78, 5) is 22.6. The second-order valence-electron chi connectivity index (χ2n) is 5.87. The first-order chi connectivity index (χ1) is 12.0. The summed E-state index contributed by atoms with van der Waals surface area (Å²) in [7, 11) is 0. The Balaban J connectivity index is 1.85. The van der Waals surface area contributed by atoms with Crippen molar-refractivity contribution in [2.45, 2.75) is 32.0 Å². The third kappa shape index (κ3) is 5.93. The number of ether oxygens (including phenoxy) is 1. The highest BCUT2D eigenvalue weighted by Crippen LogP contribution is 2.15. The van der Waals surface area contributed by atoms with Crippen LogP contribution in [-0.2, 0) is 22.6 Å². The van der Waals surface area contributed by atoms with Crippen molar-refractivity contribution in [1.29, 1.82) is 0 Å². The van der Waals surface area contributed by atoms with Gasteiger partial charge in [-0.05, 0) is 30.2 Å². The Labute approximate surface area is 146 Å². The molecule has 0 saturated heterocycles. The van der Waals surface area contributed by atoms with Gasteiger partial charge in [-0.3, -0.25) is 4.79 Å². The lowest BCUT2D eigenvalue weighted by molar-refractivity contribution is -0.403. The number of carboxylic acid groups (broad SMARTS) is 1. The molecule has 4 N–H and O–H groups in total. The van der Waals surface area contributed by atoms with Crippen LogP contribution in [0.1, 0.15) is 18.1 Å². The average Bonchev–Trinajstić information content (AvgIpc) is 2.61. The van der Waals surface area contributed by atoms with Gasteiger partial charge in [0.25, 0.3) is 5.91 Å². The Bertz CT molecular complexity index is 701. The summed E-state index contributed by atoms with van der Waals surface area (Å²) in [5, 5.41) is 13.0. The largest absolute Gasteiger partial charge is 0.548 e. The number of carboxylic acids is 1.